The van der Waals surface area contributed by atoms with Crippen molar-refractivity contribution in [2.45, 2.75) is 44.6 Å². The van der Waals surface area contributed by atoms with Crippen LogP contribution in [0.3, 0.4) is 0 Å². The van der Waals surface area contributed by atoms with Crippen LogP contribution in [0.2, 0.25) is 0 Å². The van der Waals surface area contributed by atoms with Crippen molar-refractivity contribution < 1.29 is 23.5 Å². The number of urea groups is 1. The SMILES string of the molecule is O=C(N[C@H]1CCCc2c(F)cc(F)cc21)N1C[C@@H]2CCC[C@@]2(C(=O)O)C1. The molecule has 1 saturated heterocycles. The number of likely N-dealkylation sites (tertiary alicyclic amines) is 1. The quantitative estimate of drug-likeness (QED) is 0.846. The minimum Gasteiger partial charge on any atom is -0.481 e. The number of nitrogens with one attached hydrogen (secondary N) is 1. The van der Waals surface area contributed by atoms with Gasteiger partial charge in [-0.05, 0) is 55.2 Å². The van der Waals surface area contributed by atoms with E-state index in [9.17, 15) is 23.5 Å². The third-order valence-corrected chi connectivity index (χ3v) is 6.37. The summed E-state index contributed by atoms with van der Waals surface area (Å²) >= 11 is 0. The Hall–Kier alpha value is -2.18. The van der Waals surface area contributed by atoms with E-state index in [4.69, 9.17) is 0 Å². The molecule has 0 spiro atoms. The average molecular weight is 364 g/mol. The Labute approximate surface area is 150 Å². The first-order valence-corrected chi connectivity index (χ1v) is 9.17. The number of carboxylic acid groups (broad SMARTS) is 1. The fourth-order valence-corrected chi connectivity index (χ4v) is 5.02. The Balaban J connectivity index is 1.51. The molecular formula is C19H22F2N2O3. The Morgan fingerprint density at radius 2 is 2.04 bits per heavy atom. The number of nitrogens with zero attached hydrogens (tertiary/aromatic N) is 1. The fraction of sp³-hybridized carbons (Fsp3) is 0.579. The highest BCUT2D eigenvalue weighted by atomic mass is 19.1. The second-order valence-corrected chi connectivity index (χ2v) is 7.78. The van der Waals surface area contributed by atoms with Gasteiger partial charge in [0.15, 0.2) is 0 Å². The summed E-state index contributed by atoms with van der Waals surface area (Å²) < 4.78 is 27.6. The summed E-state index contributed by atoms with van der Waals surface area (Å²) in [7, 11) is 0. The van der Waals surface area contributed by atoms with Gasteiger partial charge in [-0.3, -0.25) is 4.79 Å². The lowest BCUT2D eigenvalue weighted by Crippen LogP contribution is -2.43. The molecule has 26 heavy (non-hydrogen) atoms. The van der Waals surface area contributed by atoms with E-state index in [2.05, 4.69) is 5.32 Å². The van der Waals surface area contributed by atoms with Crippen LogP contribution < -0.4 is 5.32 Å². The van der Waals surface area contributed by atoms with Crippen LogP contribution in [0, 0.1) is 23.0 Å². The summed E-state index contributed by atoms with van der Waals surface area (Å²) in [5.41, 5.74) is 0.123. The summed E-state index contributed by atoms with van der Waals surface area (Å²) in [6.07, 6.45) is 4.14. The van der Waals surface area contributed by atoms with Gasteiger partial charge < -0.3 is 15.3 Å². The van der Waals surface area contributed by atoms with E-state index in [-0.39, 0.29) is 18.5 Å². The number of halogens is 2. The van der Waals surface area contributed by atoms with Crippen LogP contribution in [0.4, 0.5) is 13.6 Å². The summed E-state index contributed by atoms with van der Waals surface area (Å²) in [6, 6.07) is 1.38. The number of carboxylic acids is 1. The van der Waals surface area contributed by atoms with Crippen molar-refractivity contribution in [1.82, 2.24) is 10.2 Å². The summed E-state index contributed by atoms with van der Waals surface area (Å²) in [5.74, 6) is -2.07. The van der Waals surface area contributed by atoms with Crippen molar-refractivity contribution in [3.8, 4) is 0 Å². The van der Waals surface area contributed by atoms with E-state index in [1.54, 1.807) is 4.90 Å². The second kappa shape index (κ2) is 6.21. The highest BCUT2D eigenvalue weighted by molar-refractivity contribution is 5.80. The van der Waals surface area contributed by atoms with Crippen molar-refractivity contribution >= 4 is 12.0 Å². The fourth-order valence-electron chi connectivity index (χ4n) is 5.02. The first-order chi connectivity index (χ1) is 12.4. The van der Waals surface area contributed by atoms with E-state index in [1.807, 2.05) is 0 Å². The largest absolute Gasteiger partial charge is 0.481 e. The smallest absolute Gasteiger partial charge is 0.317 e. The van der Waals surface area contributed by atoms with E-state index in [0.29, 0.717) is 43.4 Å². The monoisotopic (exact) mass is 364 g/mol. The molecule has 2 amide bonds. The van der Waals surface area contributed by atoms with Crippen LogP contribution in [0.5, 0.6) is 0 Å². The van der Waals surface area contributed by atoms with Crippen LogP contribution in [0.1, 0.15) is 49.3 Å². The number of hydrogen-bond acceptors (Lipinski definition) is 2. The van der Waals surface area contributed by atoms with Gasteiger partial charge in [-0.1, -0.05) is 6.42 Å². The normalized spacial score (nSPS) is 30.0. The summed E-state index contributed by atoms with van der Waals surface area (Å²) in [5, 5.41) is 12.5. The topological polar surface area (TPSA) is 69.6 Å². The Kier molecular flexibility index (Phi) is 4.12. The number of aliphatic carboxylic acids is 1. The van der Waals surface area contributed by atoms with E-state index in [0.717, 1.165) is 18.9 Å². The number of hydrogen-bond donors (Lipinski definition) is 2. The molecule has 1 aromatic carbocycles. The van der Waals surface area contributed by atoms with Crippen molar-refractivity contribution in [3.63, 3.8) is 0 Å². The Morgan fingerprint density at radius 3 is 2.77 bits per heavy atom. The molecule has 1 aliphatic heterocycles. The molecule has 1 saturated carbocycles. The zero-order valence-corrected chi connectivity index (χ0v) is 14.4. The van der Waals surface area contributed by atoms with Crippen LogP contribution in [-0.2, 0) is 11.2 Å². The van der Waals surface area contributed by atoms with Gasteiger partial charge in [0.1, 0.15) is 11.6 Å². The lowest BCUT2D eigenvalue weighted by atomic mass is 9.81. The molecule has 0 unspecified atom stereocenters. The maximum absolute atomic E-state index is 14.0. The molecule has 4 rings (SSSR count). The Bertz CT molecular complexity index is 769. The van der Waals surface area contributed by atoms with Gasteiger partial charge in [0, 0.05) is 19.2 Å². The van der Waals surface area contributed by atoms with Gasteiger partial charge in [0.05, 0.1) is 11.5 Å². The second-order valence-electron chi connectivity index (χ2n) is 7.78. The Morgan fingerprint density at radius 1 is 1.23 bits per heavy atom. The van der Waals surface area contributed by atoms with Crippen LogP contribution in [0.15, 0.2) is 12.1 Å². The van der Waals surface area contributed by atoms with Gasteiger partial charge in [-0.2, -0.15) is 0 Å². The lowest BCUT2D eigenvalue weighted by Gasteiger charge is -2.29. The number of carbonyl (C=O) groups excluding carboxylic acids is 1. The van der Waals surface area contributed by atoms with Gasteiger partial charge in [0.2, 0.25) is 0 Å². The highest BCUT2D eigenvalue weighted by Crippen LogP contribution is 2.49. The van der Waals surface area contributed by atoms with Crippen molar-refractivity contribution in [1.29, 1.82) is 0 Å². The minimum absolute atomic E-state index is 0.0146. The molecule has 7 heteroatoms. The van der Waals surface area contributed by atoms with Crippen molar-refractivity contribution in [2.24, 2.45) is 11.3 Å². The molecule has 1 aromatic rings. The first kappa shape index (κ1) is 17.2. The van der Waals surface area contributed by atoms with Crippen LogP contribution >= 0.6 is 0 Å². The summed E-state index contributed by atoms with van der Waals surface area (Å²) in [4.78, 5) is 26.0. The molecule has 2 fully saturated rings. The van der Waals surface area contributed by atoms with Crippen LogP contribution in [-0.4, -0.2) is 35.1 Å². The van der Waals surface area contributed by atoms with E-state index < -0.39 is 29.1 Å². The molecular weight excluding hydrogens is 342 g/mol. The molecule has 2 aliphatic carbocycles. The average Bonchev–Trinajstić information content (AvgIpc) is 3.14. The number of fused-ring (bicyclic) bond motifs is 2. The molecule has 1 heterocycles. The summed E-state index contributed by atoms with van der Waals surface area (Å²) in [6.45, 7) is 0.630. The number of rotatable bonds is 2. The zero-order valence-electron chi connectivity index (χ0n) is 14.4. The standard InChI is InChI=1S/C19H22F2N2O3/c20-12-7-14-13(15(21)8-12)4-1-5-16(14)22-18(26)23-9-11-3-2-6-19(11,10-23)17(24)25/h7-8,11,16H,1-6,9-10H2,(H,22,26)(H,24,25)/t11-,16-,19+/m0/s1. The van der Waals surface area contributed by atoms with Crippen molar-refractivity contribution in [2.75, 3.05) is 13.1 Å². The molecule has 140 valence electrons. The molecule has 5 nitrogen and oxygen atoms in total. The molecule has 2 N–H and O–H groups in total. The predicted octanol–water partition coefficient (Wildman–Crippen LogP) is 3.24. The highest BCUT2D eigenvalue weighted by Gasteiger charge is 2.55. The molecule has 0 aromatic heterocycles. The third-order valence-electron chi connectivity index (χ3n) is 6.37. The predicted molar refractivity (Wildman–Crippen MR) is 89.6 cm³/mol. The molecule has 3 aliphatic rings. The van der Waals surface area contributed by atoms with Crippen molar-refractivity contribution in [3.05, 3.63) is 34.9 Å². The van der Waals surface area contributed by atoms with Gasteiger partial charge in [-0.25, -0.2) is 13.6 Å². The maximum Gasteiger partial charge on any atom is 0.317 e. The molecule has 0 radical (unpaired) electrons. The first-order valence-electron chi connectivity index (χ1n) is 9.17. The molecule has 0 bridgehead atoms. The van der Waals surface area contributed by atoms with Gasteiger partial charge in [0.25, 0.3) is 0 Å². The van der Waals surface area contributed by atoms with E-state index in [1.165, 1.54) is 6.07 Å². The zero-order chi connectivity index (χ0) is 18.5. The number of benzene rings is 1. The number of carbonyl (C=O) groups is 2. The minimum atomic E-state index is -0.833. The third kappa shape index (κ3) is 2.64. The van der Waals surface area contributed by atoms with Gasteiger partial charge in [-0.15, -0.1) is 0 Å². The lowest BCUT2D eigenvalue weighted by molar-refractivity contribution is -0.149. The van der Waals surface area contributed by atoms with Gasteiger partial charge >= 0.3 is 12.0 Å². The maximum atomic E-state index is 14.0. The van der Waals surface area contributed by atoms with E-state index >= 15 is 0 Å². The molecule has 3 atom stereocenters. The van der Waals surface area contributed by atoms with Crippen LogP contribution in [0.25, 0.3) is 0 Å². The number of amides is 2.